The molecule has 0 aliphatic rings. The van der Waals surface area contributed by atoms with Crippen LogP contribution in [0, 0.1) is 17.1 Å². The zero-order valence-electron chi connectivity index (χ0n) is 12.7. The molecular weight excluding hydrogens is 306 g/mol. The molecule has 0 amide bonds. The zero-order valence-corrected chi connectivity index (χ0v) is 12.7. The van der Waals surface area contributed by atoms with Crippen LogP contribution in [0.2, 0.25) is 0 Å². The van der Waals surface area contributed by atoms with Gasteiger partial charge in [-0.25, -0.2) is 4.39 Å². The first kappa shape index (κ1) is 17.2. The smallest absolute Gasteiger partial charge is 0.297 e. The average Bonchev–Trinajstić information content (AvgIpc) is 2.62. The highest BCUT2D eigenvalue weighted by molar-refractivity contribution is 6.34. The number of phenols is 1. The highest BCUT2D eigenvalue weighted by Crippen LogP contribution is 2.20. The second kappa shape index (κ2) is 8.46. The normalized spacial score (nSPS) is 10.0. The summed E-state index contributed by atoms with van der Waals surface area (Å²) in [7, 11) is -0.0702. The second-order valence-electron chi connectivity index (χ2n) is 4.79. The third-order valence-electron chi connectivity index (χ3n) is 3.14. The molecule has 0 spiro atoms. The molecule has 1 heterocycles. The fraction of sp³-hybridized carbons (Fsp3) is 0. The van der Waals surface area contributed by atoms with Gasteiger partial charge in [-0.15, -0.1) is 0 Å². The number of aromatic nitrogens is 1. The number of fused-ring (bicyclic) bond motifs is 1. The van der Waals surface area contributed by atoms with Crippen molar-refractivity contribution in [2.45, 2.75) is 0 Å². The van der Waals surface area contributed by atoms with Gasteiger partial charge in [0.1, 0.15) is 23.2 Å². The Hall–Kier alpha value is -3.17. The number of aromatic hydroxyl groups is 1. The van der Waals surface area contributed by atoms with E-state index in [-0.39, 0.29) is 18.8 Å². The highest BCUT2D eigenvalue weighted by atomic mass is 19.1. The monoisotopic (exact) mass is 320 g/mol. The Kier molecular flexibility index (Phi) is 6.06. The SMILES string of the molecule is N#Cc1cc(C=CBO)ccc1F.Oc1cccc2cccnc12. The molecule has 0 radical (unpaired) electrons. The summed E-state index contributed by atoms with van der Waals surface area (Å²) in [6, 6.07) is 15.1. The molecule has 2 N–H and O–H groups in total. The number of nitrogens with zero attached hydrogens (tertiary/aromatic N) is 2. The predicted octanol–water partition coefficient (Wildman–Crippen LogP) is 2.95. The number of hydrogen-bond acceptors (Lipinski definition) is 4. The molecule has 0 aliphatic heterocycles. The Labute approximate surface area is 139 Å². The summed E-state index contributed by atoms with van der Waals surface area (Å²) in [5.74, 6) is 1.24. The third-order valence-corrected chi connectivity index (χ3v) is 3.14. The van der Waals surface area contributed by atoms with E-state index in [2.05, 4.69) is 4.98 Å². The van der Waals surface area contributed by atoms with Crippen molar-refractivity contribution in [3.05, 3.63) is 77.6 Å². The summed E-state index contributed by atoms with van der Waals surface area (Å²) in [6.45, 7) is 0. The van der Waals surface area contributed by atoms with Gasteiger partial charge in [-0.3, -0.25) is 4.98 Å². The molecule has 0 saturated heterocycles. The van der Waals surface area contributed by atoms with Crippen LogP contribution in [0.4, 0.5) is 4.39 Å². The van der Waals surface area contributed by atoms with Crippen molar-refractivity contribution in [3.8, 4) is 11.8 Å². The molecule has 24 heavy (non-hydrogen) atoms. The summed E-state index contributed by atoms with van der Waals surface area (Å²) in [4.78, 5) is 4.03. The number of rotatable bonds is 2. The maximum absolute atomic E-state index is 12.8. The number of nitriles is 1. The Morgan fingerprint density at radius 2 is 1.96 bits per heavy atom. The molecule has 6 heteroatoms. The molecule has 3 rings (SSSR count). The van der Waals surface area contributed by atoms with Crippen LogP contribution in [0.1, 0.15) is 11.1 Å². The van der Waals surface area contributed by atoms with Crippen LogP contribution in [0.25, 0.3) is 17.0 Å². The van der Waals surface area contributed by atoms with Gasteiger partial charge < -0.3 is 10.1 Å². The molecule has 0 saturated carbocycles. The van der Waals surface area contributed by atoms with E-state index >= 15 is 0 Å². The van der Waals surface area contributed by atoms with Gasteiger partial charge in [0, 0.05) is 11.6 Å². The number of pyridine rings is 1. The van der Waals surface area contributed by atoms with Crippen molar-refractivity contribution in [1.82, 2.24) is 4.98 Å². The highest BCUT2D eigenvalue weighted by Gasteiger charge is 2.00. The topological polar surface area (TPSA) is 77.1 Å². The molecule has 0 aliphatic carbocycles. The summed E-state index contributed by atoms with van der Waals surface area (Å²) in [6.07, 6.45) is 3.29. The molecule has 0 fully saturated rings. The zero-order chi connectivity index (χ0) is 17.4. The number of halogens is 1. The Bertz CT molecular complexity index is 902. The summed E-state index contributed by atoms with van der Waals surface area (Å²) in [5.41, 5.74) is 1.38. The lowest BCUT2D eigenvalue weighted by Crippen LogP contribution is -1.85. The Morgan fingerprint density at radius 3 is 2.67 bits per heavy atom. The molecule has 0 atom stereocenters. The van der Waals surface area contributed by atoms with Crippen LogP contribution in [0.15, 0.2) is 60.7 Å². The van der Waals surface area contributed by atoms with Crippen LogP contribution in [0.5, 0.6) is 5.75 Å². The first-order chi connectivity index (χ1) is 11.7. The second-order valence-corrected chi connectivity index (χ2v) is 4.79. The molecule has 0 unspecified atom stereocenters. The lowest BCUT2D eigenvalue weighted by atomic mass is 10.00. The Morgan fingerprint density at radius 1 is 1.17 bits per heavy atom. The van der Waals surface area contributed by atoms with E-state index in [1.807, 2.05) is 18.2 Å². The lowest BCUT2D eigenvalue weighted by Gasteiger charge is -1.96. The predicted molar refractivity (Wildman–Crippen MR) is 92.9 cm³/mol. The Balaban J connectivity index is 0.000000175. The van der Waals surface area contributed by atoms with E-state index in [1.54, 1.807) is 36.5 Å². The van der Waals surface area contributed by atoms with Gasteiger partial charge in [0.15, 0.2) is 0 Å². The van der Waals surface area contributed by atoms with E-state index in [0.29, 0.717) is 11.1 Å². The summed E-state index contributed by atoms with van der Waals surface area (Å²) >= 11 is 0. The number of phenolic OH excluding ortho intramolecular Hbond substituents is 1. The van der Waals surface area contributed by atoms with Gasteiger partial charge in [0.05, 0.1) is 5.56 Å². The molecule has 1 aromatic heterocycles. The average molecular weight is 320 g/mol. The minimum Gasteiger partial charge on any atom is -0.506 e. The van der Waals surface area contributed by atoms with Gasteiger partial charge in [0.25, 0.3) is 7.48 Å². The van der Waals surface area contributed by atoms with E-state index in [0.717, 1.165) is 5.39 Å². The molecule has 2 aromatic carbocycles. The first-order valence-electron chi connectivity index (χ1n) is 7.15. The largest absolute Gasteiger partial charge is 0.506 e. The van der Waals surface area contributed by atoms with E-state index in [9.17, 15) is 9.50 Å². The van der Waals surface area contributed by atoms with Crippen molar-refractivity contribution in [1.29, 1.82) is 5.26 Å². The van der Waals surface area contributed by atoms with Crippen molar-refractivity contribution in [3.63, 3.8) is 0 Å². The van der Waals surface area contributed by atoms with Crippen molar-refractivity contribution in [2.75, 3.05) is 0 Å². The quantitative estimate of drug-likeness (QED) is 0.712. The summed E-state index contributed by atoms with van der Waals surface area (Å²) < 4.78 is 12.8. The van der Waals surface area contributed by atoms with Crippen LogP contribution in [0.3, 0.4) is 0 Å². The number of hydrogen-bond donors (Lipinski definition) is 2. The minimum atomic E-state index is -0.524. The molecule has 4 nitrogen and oxygen atoms in total. The van der Waals surface area contributed by atoms with Crippen LogP contribution in [-0.2, 0) is 0 Å². The number of benzene rings is 2. The lowest BCUT2D eigenvalue weighted by molar-refractivity contribution is 0.480. The minimum absolute atomic E-state index is 0.0140. The maximum atomic E-state index is 12.8. The van der Waals surface area contributed by atoms with Gasteiger partial charge in [-0.2, -0.15) is 5.26 Å². The van der Waals surface area contributed by atoms with E-state index in [1.165, 1.54) is 18.1 Å². The van der Waals surface area contributed by atoms with E-state index in [4.69, 9.17) is 10.3 Å². The molecule has 0 bridgehead atoms. The van der Waals surface area contributed by atoms with Gasteiger partial charge in [-0.1, -0.05) is 36.3 Å². The van der Waals surface area contributed by atoms with Crippen LogP contribution >= 0.6 is 0 Å². The van der Waals surface area contributed by atoms with Crippen molar-refractivity contribution >= 4 is 24.5 Å². The van der Waals surface area contributed by atoms with Gasteiger partial charge >= 0.3 is 0 Å². The fourth-order valence-electron chi connectivity index (χ4n) is 2.01. The molecule has 118 valence electrons. The van der Waals surface area contributed by atoms with Gasteiger partial charge in [0.2, 0.25) is 0 Å². The fourth-order valence-corrected chi connectivity index (χ4v) is 2.01. The van der Waals surface area contributed by atoms with Gasteiger partial charge in [-0.05, 0) is 29.8 Å². The number of para-hydroxylation sites is 1. The standard InChI is InChI=1S/C9H7BFNO.C9H7NO/c11-9-2-1-7(3-4-10-13)5-8(9)6-12;11-8-5-1-3-7-4-2-6-10-9(7)8/h1-5,10,13H;1-6,11H. The summed E-state index contributed by atoms with van der Waals surface area (Å²) in [5, 5.41) is 27.3. The van der Waals surface area contributed by atoms with Crippen LogP contribution < -0.4 is 0 Å². The first-order valence-corrected chi connectivity index (χ1v) is 7.15. The third kappa shape index (κ3) is 4.42. The van der Waals surface area contributed by atoms with Crippen LogP contribution in [-0.4, -0.2) is 22.6 Å². The van der Waals surface area contributed by atoms with E-state index < -0.39 is 5.82 Å². The maximum Gasteiger partial charge on any atom is 0.297 e. The van der Waals surface area contributed by atoms with Crippen molar-refractivity contribution < 1.29 is 14.5 Å². The van der Waals surface area contributed by atoms with Crippen molar-refractivity contribution in [2.24, 2.45) is 0 Å². The molecule has 3 aromatic rings. The molecular formula is C18H14BFN2O2.